The van der Waals surface area contributed by atoms with Gasteiger partial charge in [-0.25, -0.2) is 4.79 Å². The first-order valence-electron chi connectivity index (χ1n) is 5.82. The van der Waals surface area contributed by atoms with E-state index >= 15 is 0 Å². The summed E-state index contributed by atoms with van der Waals surface area (Å²) in [5.41, 5.74) is 1.67. The number of carbonyl (C=O) groups is 1. The summed E-state index contributed by atoms with van der Waals surface area (Å²) >= 11 is 0. The highest BCUT2D eigenvalue weighted by Gasteiger charge is 2.22. The number of methoxy groups -OCH3 is 1. The van der Waals surface area contributed by atoms with E-state index in [4.69, 9.17) is 9.15 Å². The molecule has 0 spiro atoms. The van der Waals surface area contributed by atoms with E-state index < -0.39 is 5.97 Å². The average molecular weight is 253 g/mol. The van der Waals surface area contributed by atoms with Crippen LogP contribution in [0.2, 0.25) is 0 Å². The molecule has 0 aliphatic rings. The Morgan fingerprint density at radius 2 is 1.95 bits per heavy atom. The molecule has 0 aliphatic carbocycles. The molecule has 0 aliphatic heterocycles. The van der Waals surface area contributed by atoms with Gasteiger partial charge >= 0.3 is 5.97 Å². The van der Waals surface area contributed by atoms with Crippen molar-refractivity contribution in [3.8, 4) is 11.5 Å². The fourth-order valence-corrected chi connectivity index (χ4v) is 2.03. The molecule has 2 aromatic heterocycles. The van der Waals surface area contributed by atoms with Crippen LogP contribution in [0.4, 0.5) is 0 Å². The van der Waals surface area contributed by atoms with Crippen LogP contribution in [0.15, 0.2) is 53.1 Å². The number of rotatable bonds is 2. The zero-order chi connectivity index (χ0) is 13.2. The zero-order valence-electron chi connectivity index (χ0n) is 10.3. The zero-order valence-corrected chi connectivity index (χ0v) is 10.3. The number of hydrogen-bond acceptors (Lipinski definition) is 4. The Bertz CT molecular complexity index is 731. The van der Waals surface area contributed by atoms with E-state index in [9.17, 15) is 4.79 Å². The van der Waals surface area contributed by atoms with Crippen LogP contribution in [-0.2, 0) is 4.74 Å². The highest BCUT2D eigenvalue weighted by Crippen LogP contribution is 2.32. The summed E-state index contributed by atoms with van der Waals surface area (Å²) in [6.07, 6.45) is 1.66. The molecule has 0 unspecified atom stereocenters. The second-order valence-corrected chi connectivity index (χ2v) is 4.01. The molecule has 2 heterocycles. The maximum absolute atomic E-state index is 12.0. The Hall–Kier alpha value is -2.62. The number of aromatic nitrogens is 1. The van der Waals surface area contributed by atoms with Gasteiger partial charge in [0.05, 0.1) is 7.11 Å². The predicted octanol–water partition coefficient (Wildman–Crippen LogP) is 3.28. The third kappa shape index (κ3) is 1.87. The lowest BCUT2D eigenvalue weighted by Gasteiger charge is -2.00. The number of esters is 1. The summed E-state index contributed by atoms with van der Waals surface area (Å²) in [6, 6.07) is 12.8. The number of ether oxygens (including phenoxy) is 1. The summed E-state index contributed by atoms with van der Waals surface area (Å²) in [7, 11) is 1.35. The third-order valence-corrected chi connectivity index (χ3v) is 2.88. The van der Waals surface area contributed by atoms with E-state index in [1.807, 2.05) is 36.4 Å². The second-order valence-electron chi connectivity index (χ2n) is 4.01. The molecule has 0 saturated heterocycles. The second kappa shape index (κ2) is 4.57. The highest BCUT2D eigenvalue weighted by atomic mass is 16.5. The number of pyridine rings is 1. The van der Waals surface area contributed by atoms with E-state index in [-0.39, 0.29) is 0 Å². The van der Waals surface area contributed by atoms with Gasteiger partial charge in [0.25, 0.3) is 0 Å². The first-order valence-corrected chi connectivity index (χ1v) is 5.82. The number of hydrogen-bond donors (Lipinski definition) is 0. The van der Waals surface area contributed by atoms with E-state index in [0.717, 1.165) is 5.39 Å². The molecule has 0 atom stereocenters. The monoisotopic (exact) mass is 253 g/mol. The molecule has 3 rings (SSSR count). The van der Waals surface area contributed by atoms with Gasteiger partial charge in [-0.2, -0.15) is 0 Å². The number of furan rings is 1. The summed E-state index contributed by atoms with van der Waals surface area (Å²) in [5, 5.41) is 0.731. The van der Waals surface area contributed by atoms with Crippen LogP contribution in [-0.4, -0.2) is 18.1 Å². The van der Waals surface area contributed by atoms with Gasteiger partial charge < -0.3 is 9.15 Å². The first kappa shape index (κ1) is 11.5. The number of carbonyl (C=O) groups excluding carboxylic acids is 1. The molecule has 4 heteroatoms. The highest BCUT2D eigenvalue weighted by molar-refractivity contribution is 6.08. The summed E-state index contributed by atoms with van der Waals surface area (Å²) in [4.78, 5) is 16.2. The van der Waals surface area contributed by atoms with E-state index in [0.29, 0.717) is 22.6 Å². The summed E-state index contributed by atoms with van der Waals surface area (Å²) < 4.78 is 10.6. The fourth-order valence-electron chi connectivity index (χ4n) is 2.03. The van der Waals surface area contributed by atoms with Crippen molar-refractivity contribution in [1.29, 1.82) is 0 Å². The van der Waals surface area contributed by atoms with Gasteiger partial charge in [-0.3, -0.25) is 4.98 Å². The molecule has 94 valence electrons. The van der Waals surface area contributed by atoms with Gasteiger partial charge in [0, 0.05) is 11.6 Å². The number of fused-ring (bicyclic) bond motifs is 1. The number of benzene rings is 1. The quantitative estimate of drug-likeness (QED) is 0.658. The van der Waals surface area contributed by atoms with Crippen molar-refractivity contribution in [1.82, 2.24) is 4.98 Å². The Balaban J connectivity index is 2.32. The van der Waals surface area contributed by atoms with Crippen LogP contribution in [0.1, 0.15) is 10.4 Å². The van der Waals surface area contributed by atoms with Crippen LogP contribution in [0.3, 0.4) is 0 Å². The van der Waals surface area contributed by atoms with Gasteiger partial charge in [0.15, 0.2) is 5.76 Å². The minimum absolute atomic E-state index is 0.414. The van der Waals surface area contributed by atoms with Gasteiger partial charge in [-0.15, -0.1) is 0 Å². The lowest BCUT2D eigenvalue weighted by atomic mass is 10.1. The Morgan fingerprint density at radius 1 is 1.16 bits per heavy atom. The predicted molar refractivity (Wildman–Crippen MR) is 70.8 cm³/mol. The molecule has 19 heavy (non-hydrogen) atoms. The smallest absolute Gasteiger partial charge is 0.342 e. The molecule has 4 nitrogen and oxygen atoms in total. The molecule has 0 bridgehead atoms. The Labute approximate surface area is 109 Å². The van der Waals surface area contributed by atoms with Crippen molar-refractivity contribution < 1.29 is 13.9 Å². The lowest BCUT2D eigenvalue weighted by Crippen LogP contribution is -2.02. The minimum Gasteiger partial charge on any atom is -0.465 e. The summed E-state index contributed by atoms with van der Waals surface area (Å²) in [6.45, 7) is 0. The van der Waals surface area contributed by atoms with Crippen molar-refractivity contribution in [2.45, 2.75) is 0 Å². The van der Waals surface area contributed by atoms with Crippen LogP contribution in [0.5, 0.6) is 0 Å². The normalized spacial score (nSPS) is 10.6. The van der Waals surface area contributed by atoms with Crippen LogP contribution in [0.25, 0.3) is 22.4 Å². The maximum atomic E-state index is 12.0. The molecule has 0 saturated carbocycles. The molecule has 3 aromatic rings. The van der Waals surface area contributed by atoms with Crippen LogP contribution < -0.4 is 0 Å². The van der Waals surface area contributed by atoms with Gasteiger partial charge in [0.2, 0.25) is 0 Å². The van der Waals surface area contributed by atoms with Crippen molar-refractivity contribution in [3.05, 3.63) is 54.2 Å². The summed E-state index contributed by atoms with van der Waals surface area (Å²) in [5.74, 6) is 0.0132. The number of nitrogens with zero attached hydrogens (tertiary/aromatic N) is 1. The van der Waals surface area contributed by atoms with Gasteiger partial charge in [0.1, 0.15) is 16.8 Å². The molecule has 1 aromatic carbocycles. The Kier molecular flexibility index (Phi) is 2.76. The van der Waals surface area contributed by atoms with Crippen molar-refractivity contribution in [2.24, 2.45) is 0 Å². The SMILES string of the molecule is COC(=O)c1c(-c2ccccn2)oc2ccccc12. The molecule has 0 radical (unpaired) electrons. The third-order valence-electron chi connectivity index (χ3n) is 2.88. The fraction of sp³-hybridized carbons (Fsp3) is 0.0667. The van der Waals surface area contributed by atoms with E-state index in [1.165, 1.54) is 7.11 Å². The maximum Gasteiger partial charge on any atom is 0.342 e. The average Bonchev–Trinajstić information content (AvgIpc) is 2.87. The lowest BCUT2D eigenvalue weighted by molar-refractivity contribution is 0.0603. The topological polar surface area (TPSA) is 52.3 Å². The number of para-hydroxylation sites is 1. The standard InChI is InChI=1S/C15H11NO3/c1-18-15(17)13-10-6-2-3-8-12(10)19-14(13)11-7-4-5-9-16-11/h2-9H,1H3. The van der Waals surface area contributed by atoms with Crippen molar-refractivity contribution >= 4 is 16.9 Å². The van der Waals surface area contributed by atoms with Crippen molar-refractivity contribution in [2.75, 3.05) is 7.11 Å². The Morgan fingerprint density at radius 3 is 2.68 bits per heavy atom. The molecule has 0 amide bonds. The van der Waals surface area contributed by atoms with E-state index in [1.54, 1.807) is 12.3 Å². The minimum atomic E-state index is -0.425. The molecular formula is C15H11NO3. The van der Waals surface area contributed by atoms with Crippen molar-refractivity contribution in [3.63, 3.8) is 0 Å². The molecular weight excluding hydrogens is 242 g/mol. The first-order chi connectivity index (χ1) is 9.31. The largest absolute Gasteiger partial charge is 0.465 e. The molecule has 0 N–H and O–H groups in total. The van der Waals surface area contributed by atoms with Crippen LogP contribution >= 0.6 is 0 Å². The molecule has 0 fully saturated rings. The van der Waals surface area contributed by atoms with Gasteiger partial charge in [-0.1, -0.05) is 24.3 Å². The van der Waals surface area contributed by atoms with E-state index in [2.05, 4.69) is 4.98 Å². The van der Waals surface area contributed by atoms with Gasteiger partial charge in [-0.05, 0) is 18.2 Å². The van der Waals surface area contributed by atoms with Crippen LogP contribution in [0, 0.1) is 0 Å².